The largest absolute Gasteiger partial charge is 0.504 e. The molecule has 796 valence electrons. The fourth-order valence-corrected chi connectivity index (χ4v) is 35.7. The van der Waals surface area contributed by atoms with Crippen molar-refractivity contribution in [1.82, 2.24) is 24.6 Å². The molecule has 0 radical (unpaired) electrons. The van der Waals surface area contributed by atoms with Crippen molar-refractivity contribution in [2.24, 2.45) is 69.0 Å². The Balaban J connectivity index is 0.0000000980. The van der Waals surface area contributed by atoms with E-state index in [1.165, 1.54) is 40.1 Å². The van der Waals surface area contributed by atoms with Gasteiger partial charge in [-0.25, -0.2) is 9.18 Å². The molecule has 5 aromatic rings. The van der Waals surface area contributed by atoms with E-state index < -0.39 is 118 Å². The SMILES string of the molecule is CCCC1O[C@@H]2CC3[C@@H]4CCC5=CC(=O)C=C[C@]5(C)C4[C@@H](O)C[C@]3(C)[C@]2(C(=O)CO)O1.CN1CCC23c4c5ccc(O)c4OC2C(O)CCC3C1C5.COc1ccc2c3c1OC1C(=O)CCC4(O)C(C2)N(C)CCC314.COc1ccc2c3c1OC1C(O)CCC4C(C2)N(C)CCC341.C[C@]12C=CC(=O)C=C1CC[C@@H]1C2[C@@H](O)C[C@@]2(C)C1C[C@@H](O)[C@]2(O)C(=O)CO.O=C(O)c1cn(C2CC2)c2cc(N3CCNCC3)c(F)cc2c1=O. The van der Waals surface area contributed by atoms with Crippen molar-refractivity contribution in [2.45, 2.75) is 307 Å². The molecular weight excluding hydrogens is 1900 g/mol. The number of nitrogens with one attached hydrogen (secondary N) is 1. The molecule has 23 aliphatic rings. The zero-order valence-corrected chi connectivity index (χ0v) is 86.4. The first-order valence-corrected chi connectivity index (χ1v) is 54.5. The number of likely N-dealkylation sites (tertiary alicyclic amines) is 3. The Bertz CT molecular complexity index is 6470. The molecule has 8 aliphatic heterocycles. The molecule has 15 aliphatic carbocycles. The molecule has 19 unspecified atom stereocenters. The number of phenols is 1. The van der Waals surface area contributed by atoms with Gasteiger partial charge in [0.05, 0.1) is 73.1 Å². The molecule has 6 bridgehead atoms. The fourth-order valence-electron chi connectivity index (χ4n) is 35.7. The van der Waals surface area contributed by atoms with Crippen LogP contribution >= 0.6 is 0 Å². The van der Waals surface area contributed by atoms with Crippen LogP contribution in [0.4, 0.5) is 10.1 Å². The second-order valence-corrected chi connectivity index (χ2v) is 48.6. The van der Waals surface area contributed by atoms with Crippen LogP contribution in [0.5, 0.6) is 34.5 Å². The first-order chi connectivity index (χ1) is 70.7. The number of fused-ring (bicyclic) bond motifs is 13. The summed E-state index contributed by atoms with van der Waals surface area (Å²) in [6.07, 6.45) is 25.5. The van der Waals surface area contributed by atoms with Crippen molar-refractivity contribution in [3.8, 4) is 34.5 Å². The van der Waals surface area contributed by atoms with Crippen molar-refractivity contribution in [3.63, 3.8) is 0 Å². The number of methoxy groups -OCH3 is 2. The number of carbonyl (C=O) groups excluding carboxylic acids is 5. The third-order valence-electron chi connectivity index (χ3n) is 42.4. The summed E-state index contributed by atoms with van der Waals surface area (Å²) < 4.78 is 58.8. The molecule has 10 saturated carbocycles. The standard InChI is InChI=1S/C25H34O6.C21H28O6.C18H21NO4.C18H23NO3.C17H18FN3O3.C17H21NO3/c1-4-5-21-30-20-11-17-16-7-6-14-10-15(27)8-9-23(14,2)22(16)18(28)12-24(17,3)25(20,31-21)19(29)13-26;1-19-6-5-12(23)7-11(19)3-4-13-14-8-16(25)21(27,17(26)10-22)20(14,2)9-15(24)18(13)19;1-19-8-7-17-14-10-3-4-12(22-2)15(14)23-16(17)11(20)5-6-18(17,21)13(19)9-10;1-19-8-7-18-11-4-5-13(20)17(18)22-16-14(21-2)6-3-10(15(16)18)9-12(11)19;18-13-7-11-14(8-15(13)20-5-3-19-4-6-20)21(10-1-2-10)9-12(16(11)22)17(23)24;1-18-7-6-17-10-3-5-13(20)16(17)21-15-12(19)4-2-9(14(15)17)8-11(10)18/h8-10,16-18,20-22,26,28H,4-7,11-13H2,1-3H3;5-7,13-16,18,22,24-25,27H,3-4,8-10H2,1-2H3;3-4,13,16,21H,5-9H2,1-2H3;3,6,11-13,17,20H,4-5,7-9H2,1-2H3;7-10,19H,1-6H2,(H,23,24);2,4,10-11,13,16,19-20H,3,5-8H2,1H3/t16-,17?,18-,20+,21?,22?,23-,24-,25+;13-,14?,15-,16+,18?,19-,20-,21-;;;;/m00..../s1. The zero-order valence-electron chi connectivity index (χ0n) is 86.4. The molecule has 32 heteroatoms. The van der Waals surface area contributed by atoms with Gasteiger partial charge in [-0.1, -0.05) is 82.5 Å². The number of aliphatic hydroxyl groups is 9. The van der Waals surface area contributed by atoms with Gasteiger partial charge in [0.15, 0.2) is 87.0 Å². The minimum atomic E-state index is -2.05. The van der Waals surface area contributed by atoms with E-state index in [1.54, 1.807) is 57.6 Å². The summed E-state index contributed by atoms with van der Waals surface area (Å²) in [5, 5.41) is 119. The van der Waals surface area contributed by atoms with Crippen LogP contribution in [0.2, 0.25) is 0 Å². The van der Waals surface area contributed by atoms with Crippen LogP contribution in [0.3, 0.4) is 0 Å². The van der Waals surface area contributed by atoms with Crippen LogP contribution in [-0.2, 0) is 69.0 Å². The first kappa shape index (κ1) is 102. The third kappa shape index (κ3) is 14.3. The number of allylic oxidation sites excluding steroid dienone is 8. The summed E-state index contributed by atoms with van der Waals surface area (Å²) in [5.74, 6) is 2.42. The third-order valence-corrected chi connectivity index (χ3v) is 42.4. The topological polar surface area (TPSA) is 437 Å². The molecule has 28 rings (SSSR count). The summed E-state index contributed by atoms with van der Waals surface area (Å²) in [6, 6.07) is 16.3. The van der Waals surface area contributed by atoms with Crippen molar-refractivity contribution in [2.75, 3.05) is 99.3 Å². The van der Waals surface area contributed by atoms with Crippen LogP contribution in [-0.4, -0.2) is 301 Å². The normalized spacial score (nSPS) is 41.5. The number of phenolic OH excluding ortho intramolecular Hbond substituents is 1. The average Bonchev–Trinajstić information content (AvgIpc) is 1.47. The number of likely N-dealkylation sites (N-methyl/N-ethyl adjacent to an activating group) is 3. The minimum Gasteiger partial charge on any atom is -0.504 e. The van der Waals surface area contributed by atoms with E-state index in [-0.39, 0.29) is 135 Å². The number of piperidine rings is 3. The van der Waals surface area contributed by atoms with Gasteiger partial charge in [0.25, 0.3) is 0 Å². The van der Waals surface area contributed by atoms with E-state index in [0.29, 0.717) is 97.6 Å². The molecule has 1 aromatic heterocycles. The lowest BCUT2D eigenvalue weighted by Crippen LogP contribution is -2.76. The maximum atomic E-state index is 14.6. The Morgan fingerprint density at radius 1 is 0.588 bits per heavy atom. The van der Waals surface area contributed by atoms with Crippen molar-refractivity contribution in [3.05, 3.63) is 157 Å². The lowest BCUT2D eigenvalue weighted by atomic mass is 9.46. The van der Waals surface area contributed by atoms with Crippen LogP contribution in [0.1, 0.15) is 219 Å². The number of hydrogen-bond acceptors (Lipinski definition) is 29. The molecule has 9 heterocycles. The first-order valence-electron chi connectivity index (χ1n) is 54.5. The number of anilines is 1. The summed E-state index contributed by atoms with van der Waals surface area (Å²) in [6.45, 7) is 14.6. The Hall–Kier alpha value is -9.20. The number of halogens is 1. The maximum Gasteiger partial charge on any atom is 0.341 e. The zero-order chi connectivity index (χ0) is 104. The molecule has 31 nitrogen and oxygen atoms in total. The molecule has 5 saturated heterocycles. The van der Waals surface area contributed by atoms with Crippen molar-refractivity contribution in [1.29, 1.82) is 0 Å². The van der Waals surface area contributed by atoms with Gasteiger partial charge in [0, 0.05) is 129 Å². The Morgan fingerprint density at radius 2 is 1.13 bits per heavy atom. The molecule has 31 atom stereocenters. The van der Waals surface area contributed by atoms with E-state index in [4.69, 9.17) is 33.2 Å². The number of Topliss-reactive ketones (excluding diaryl/α,β-unsaturated/α-hetero) is 3. The van der Waals surface area contributed by atoms with E-state index in [9.17, 15) is 94.1 Å². The lowest BCUT2D eigenvalue weighted by molar-refractivity contribution is -0.200. The number of benzene rings is 4. The van der Waals surface area contributed by atoms with Gasteiger partial charge in [-0.15, -0.1) is 0 Å². The predicted octanol–water partition coefficient (Wildman–Crippen LogP) is 9.02. The summed E-state index contributed by atoms with van der Waals surface area (Å²) in [4.78, 5) is 95.1. The van der Waals surface area contributed by atoms with Crippen LogP contribution in [0.25, 0.3) is 10.9 Å². The van der Waals surface area contributed by atoms with Crippen molar-refractivity contribution < 1.29 is 122 Å². The molecular formula is C116H145FN6O25. The van der Waals surface area contributed by atoms with E-state index >= 15 is 0 Å². The van der Waals surface area contributed by atoms with Gasteiger partial charge in [-0.05, 0) is 289 Å². The van der Waals surface area contributed by atoms with E-state index in [0.717, 1.165) is 170 Å². The number of ether oxygens (including phenoxy) is 7. The number of nitrogens with zero attached hydrogens (tertiary/aromatic N) is 5. The van der Waals surface area contributed by atoms with Gasteiger partial charge >= 0.3 is 5.97 Å². The van der Waals surface area contributed by atoms with Gasteiger partial charge < -0.3 is 119 Å². The number of aromatic carboxylic acids is 1. The monoisotopic (exact) mass is 2040 g/mol. The highest BCUT2D eigenvalue weighted by Gasteiger charge is 2.79. The Kier molecular flexibility index (Phi) is 25.1. The lowest BCUT2D eigenvalue weighted by Gasteiger charge is -2.62. The number of carboxylic acids is 1. The fraction of sp³-hybridized carbons (Fsp3) is 0.647. The molecule has 148 heavy (non-hydrogen) atoms. The highest BCUT2D eigenvalue weighted by molar-refractivity contribution is 6.02. The molecule has 4 aromatic carbocycles. The smallest absolute Gasteiger partial charge is 0.341 e. The van der Waals surface area contributed by atoms with Crippen molar-refractivity contribution >= 4 is 51.5 Å². The minimum absolute atomic E-state index is 0.00625. The predicted molar refractivity (Wildman–Crippen MR) is 541 cm³/mol. The highest BCUT2D eigenvalue weighted by Crippen LogP contribution is 2.74. The summed E-state index contributed by atoms with van der Waals surface area (Å²) >= 11 is 0. The number of carbonyl (C=O) groups is 6. The van der Waals surface area contributed by atoms with Crippen LogP contribution in [0.15, 0.2) is 107 Å². The molecule has 3 spiro atoms. The Morgan fingerprint density at radius 3 is 1.69 bits per heavy atom. The number of rotatable bonds is 11. The maximum absolute atomic E-state index is 14.6. The summed E-state index contributed by atoms with van der Waals surface area (Å²) in [5.41, 5.74) is 2.62. The van der Waals surface area contributed by atoms with Gasteiger partial charge in [-0.3, -0.25) is 28.8 Å². The van der Waals surface area contributed by atoms with Crippen LogP contribution in [0, 0.1) is 74.8 Å². The number of aromatic hydroxyl groups is 1. The number of aliphatic hydroxyl groups excluding tert-OH is 7. The highest BCUT2D eigenvalue weighted by atomic mass is 19.1. The van der Waals surface area contributed by atoms with E-state index in [1.807, 2.05) is 40.7 Å². The van der Waals surface area contributed by atoms with E-state index in [2.05, 4.69) is 80.1 Å². The average molecular weight is 2040 g/mol. The molecule has 15 fully saturated rings. The summed E-state index contributed by atoms with van der Waals surface area (Å²) in [7, 11) is 9.87. The second kappa shape index (κ2) is 36.5. The van der Waals surface area contributed by atoms with Gasteiger partial charge in [-0.2, -0.15) is 0 Å². The van der Waals surface area contributed by atoms with Crippen LogP contribution < -0.4 is 39.3 Å². The number of carboxylic acid groups (broad SMARTS) is 1. The number of ketones is 5. The second-order valence-electron chi connectivity index (χ2n) is 48.6. The van der Waals surface area contributed by atoms with Gasteiger partial charge in [0.1, 0.15) is 36.8 Å². The Labute approximate surface area is 861 Å². The molecule has 12 N–H and O–H groups in total. The number of hydrogen-bond donors (Lipinski definition) is 12. The number of aromatic nitrogens is 1. The number of pyridine rings is 1. The quantitative estimate of drug-likeness (QED) is 0.0586. The van der Waals surface area contributed by atoms with Gasteiger partial charge in [0.2, 0.25) is 5.43 Å². The molecule has 0 amide bonds. The number of piperazine rings is 1.